The molecule has 1 amide bonds. The molecule has 2 rings (SSSR count). The lowest BCUT2D eigenvalue weighted by Crippen LogP contribution is -2.45. The fourth-order valence-electron chi connectivity index (χ4n) is 3.54. The summed E-state index contributed by atoms with van der Waals surface area (Å²) in [5.41, 5.74) is 6.53. The van der Waals surface area contributed by atoms with Gasteiger partial charge >= 0.3 is 5.97 Å². The summed E-state index contributed by atoms with van der Waals surface area (Å²) in [6.45, 7) is 4.77. The first-order valence-electron chi connectivity index (χ1n) is 9.68. The van der Waals surface area contributed by atoms with Crippen LogP contribution in [0.15, 0.2) is 12.1 Å². The number of halogens is 1. The van der Waals surface area contributed by atoms with Gasteiger partial charge in [-0.1, -0.05) is 18.5 Å². The molecule has 4 N–H and O–H groups in total. The molecule has 0 aliphatic carbocycles. The Kier molecular flexibility index (Phi) is 8.38. The van der Waals surface area contributed by atoms with Crippen LogP contribution in [0.25, 0.3) is 0 Å². The number of carboxylic acids is 1. The number of carboxylic acid groups (broad SMARTS) is 1. The first-order valence-corrected chi connectivity index (χ1v) is 10.1. The summed E-state index contributed by atoms with van der Waals surface area (Å²) >= 11 is 6.05. The Morgan fingerprint density at radius 3 is 2.68 bits per heavy atom. The topological polar surface area (TPSA) is 105 Å². The molecule has 28 heavy (non-hydrogen) atoms. The quantitative estimate of drug-likeness (QED) is 0.539. The van der Waals surface area contributed by atoms with E-state index in [0.29, 0.717) is 22.0 Å². The van der Waals surface area contributed by atoms with Crippen molar-refractivity contribution in [1.29, 1.82) is 0 Å². The number of nitrogen functional groups attached to an aromatic ring is 1. The van der Waals surface area contributed by atoms with Crippen LogP contribution in [0.1, 0.15) is 49.4 Å². The van der Waals surface area contributed by atoms with Crippen LogP contribution in [0.5, 0.6) is 5.75 Å². The van der Waals surface area contributed by atoms with E-state index in [1.165, 1.54) is 7.11 Å². The Balaban J connectivity index is 1.77. The lowest BCUT2D eigenvalue weighted by molar-refractivity contribution is -0.138. The molecule has 0 bridgehead atoms. The molecule has 1 fully saturated rings. The number of amides is 1. The molecule has 0 spiro atoms. The monoisotopic (exact) mass is 411 g/mol. The predicted octanol–water partition coefficient (Wildman–Crippen LogP) is 3.02. The molecule has 0 aromatic heterocycles. The van der Waals surface area contributed by atoms with E-state index in [2.05, 4.69) is 10.2 Å². The largest absolute Gasteiger partial charge is 0.496 e. The molecule has 0 radical (unpaired) electrons. The maximum Gasteiger partial charge on any atom is 0.303 e. The summed E-state index contributed by atoms with van der Waals surface area (Å²) in [4.78, 5) is 25.7. The number of likely N-dealkylation sites (tertiary alicyclic amines) is 1. The number of carbonyl (C=O) groups is 2. The number of anilines is 1. The lowest BCUT2D eigenvalue weighted by Gasteiger charge is -2.32. The fraction of sp³-hybridized carbons (Fsp3) is 0.600. The third-order valence-electron chi connectivity index (χ3n) is 5.18. The van der Waals surface area contributed by atoms with Crippen molar-refractivity contribution in [1.82, 2.24) is 10.2 Å². The van der Waals surface area contributed by atoms with Crippen molar-refractivity contribution in [2.75, 3.05) is 32.5 Å². The average molecular weight is 412 g/mol. The number of nitrogens with two attached hydrogens (primary N) is 1. The smallest absolute Gasteiger partial charge is 0.303 e. The van der Waals surface area contributed by atoms with E-state index in [-0.39, 0.29) is 24.3 Å². The molecule has 0 saturated carbocycles. The predicted molar refractivity (Wildman–Crippen MR) is 110 cm³/mol. The fourth-order valence-corrected chi connectivity index (χ4v) is 3.71. The van der Waals surface area contributed by atoms with Crippen molar-refractivity contribution in [2.45, 2.75) is 45.1 Å². The minimum Gasteiger partial charge on any atom is -0.496 e. The Bertz CT molecular complexity index is 690. The Morgan fingerprint density at radius 2 is 2.07 bits per heavy atom. The lowest BCUT2D eigenvalue weighted by atomic mass is 10.0. The standard InChI is InChI=1S/C20H30ClN3O4/c1-13(10-19(25)26)4-3-7-24-8-5-14(6-9-24)23-20(27)15-11-16(21)17(22)12-18(15)28-2/h11-14H,3-10,22H2,1-2H3,(H,23,27)(H,25,26). The highest BCUT2D eigenvalue weighted by Crippen LogP contribution is 2.29. The number of nitrogens with zero attached hydrogens (tertiary/aromatic N) is 1. The average Bonchev–Trinajstić information content (AvgIpc) is 2.64. The third-order valence-corrected chi connectivity index (χ3v) is 5.51. The van der Waals surface area contributed by atoms with E-state index in [1.807, 2.05) is 6.92 Å². The number of hydrogen-bond donors (Lipinski definition) is 3. The van der Waals surface area contributed by atoms with Gasteiger partial charge in [0.15, 0.2) is 0 Å². The molecule has 1 unspecified atom stereocenters. The number of carbonyl (C=O) groups excluding carboxylic acids is 1. The summed E-state index contributed by atoms with van der Waals surface area (Å²) in [7, 11) is 1.50. The molecular weight excluding hydrogens is 382 g/mol. The minimum absolute atomic E-state index is 0.107. The van der Waals surface area contributed by atoms with Gasteiger partial charge in [0.05, 0.1) is 23.4 Å². The third kappa shape index (κ3) is 6.56. The summed E-state index contributed by atoms with van der Waals surface area (Å²) in [6, 6.07) is 3.21. The Hall–Kier alpha value is -1.99. The first kappa shape index (κ1) is 22.3. The zero-order valence-corrected chi connectivity index (χ0v) is 17.3. The van der Waals surface area contributed by atoms with Crippen LogP contribution < -0.4 is 15.8 Å². The molecule has 1 aliphatic heterocycles. The summed E-state index contributed by atoms with van der Waals surface area (Å²) < 4.78 is 5.25. The first-order chi connectivity index (χ1) is 13.3. The van der Waals surface area contributed by atoms with Crippen LogP contribution in [-0.4, -0.2) is 54.7 Å². The van der Waals surface area contributed by atoms with Crippen molar-refractivity contribution in [3.8, 4) is 5.75 Å². The van der Waals surface area contributed by atoms with Gasteiger partial charge in [0.1, 0.15) is 5.75 Å². The van der Waals surface area contributed by atoms with E-state index in [4.69, 9.17) is 27.2 Å². The van der Waals surface area contributed by atoms with Crippen molar-refractivity contribution >= 4 is 29.2 Å². The second kappa shape index (κ2) is 10.5. The van der Waals surface area contributed by atoms with Gasteiger partial charge in [-0.3, -0.25) is 9.59 Å². The van der Waals surface area contributed by atoms with Gasteiger partial charge in [0.2, 0.25) is 0 Å². The van der Waals surface area contributed by atoms with E-state index in [9.17, 15) is 9.59 Å². The number of ether oxygens (including phenoxy) is 1. The number of methoxy groups -OCH3 is 1. The van der Waals surface area contributed by atoms with E-state index in [0.717, 1.165) is 45.3 Å². The van der Waals surface area contributed by atoms with Crippen LogP contribution in [0.2, 0.25) is 5.02 Å². The number of benzene rings is 1. The van der Waals surface area contributed by atoms with Crippen LogP contribution >= 0.6 is 11.6 Å². The van der Waals surface area contributed by atoms with Gasteiger partial charge in [0, 0.05) is 31.6 Å². The molecule has 7 nitrogen and oxygen atoms in total. The zero-order chi connectivity index (χ0) is 20.7. The second-order valence-electron chi connectivity index (χ2n) is 7.51. The molecule has 8 heteroatoms. The molecule has 1 aliphatic rings. The van der Waals surface area contributed by atoms with Crippen LogP contribution in [0.3, 0.4) is 0 Å². The highest BCUT2D eigenvalue weighted by Gasteiger charge is 2.23. The summed E-state index contributed by atoms with van der Waals surface area (Å²) in [5.74, 6) is -0.328. The molecule has 1 heterocycles. The maximum atomic E-state index is 12.6. The van der Waals surface area contributed by atoms with Crippen molar-refractivity contribution in [2.24, 2.45) is 5.92 Å². The van der Waals surface area contributed by atoms with Crippen LogP contribution in [0.4, 0.5) is 5.69 Å². The number of hydrogen-bond acceptors (Lipinski definition) is 5. The molecule has 1 atom stereocenters. The molecule has 1 saturated heterocycles. The minimum atomic E-state index is -0.733. The van der Waals surface area contributed by atoms with E-state index in [1.54, 1.807) is 12.1 Å². The summed E-state index contributed by atoms with van der Waals surface area (Å²) in [6.07, 6.45) is 3.89. The highest BCUT2D eigenvalue weighted by molar-refractivity contribution is 6.33. The number of nitrogens with one attached hydrogen (secondary N) is 1. The van der Waals surface area contributed by atoms with Crippen LogP contribution in [0, 0.1) is 5.92 Å². The molecule has 1 aromatic carbocycles. The maximum absolute atomic E-state index is 12.6. The van der Waals surface area contributed by atoms with Gasteiger partial charge in [-0.15, -0.1) is 0 Å². The van der Waals surface area contributed by atoms with Gasteiger partial charge in [-0.2, -0.15) is 0 Å². The van der Waals surface area contributed by atoms with Gasteiger partial charge < -0.3 is 25.8 Å². The summed E-state index contributed by atoms with van der Waals surface area (Å²) in [5, 5.41) is 12.2. The number of aliphatic carboxylic acids is 1. The normalized spacial score (nSPS) is 16.5. The van der Waals surface area contributed by atoms with Gasteiger partial charge in [-0.25, -0.2) is 0 Å². The zero-order valence-electron chi connectivity index (χ0n) is 16.5. The van der Waals surface area contributed by atoms with Crippen molar-refractivity contribution in [3.05, 3.63) is 22.7 Å². The SMILES string of the molecule is COc1cc(N)c(Cl)cc1C(=O)NC1CCN(CCCC(C)CC(=O)O)CC1. The molecule has 1 aromatic rings. The van der Waals surface area contributed by atoms with Gasteiger partial charge in [0.25, 0.3) is 5.91 Å². The number of piperidine rings is 1. The Labute approximate surface area is 171 Å². The highest BCUT2D eigenvalue weighted by atomic mass is 35.5. The van der Waals surface area contributed by atoms with Crippen molar-refractivity contribution < 1.29 is 19.4 Å². The number of rotatable bonds is 9. The van der Waals surface area contributed by atoms with E-state index >= 15 is 0 Å². The molecule has 156 valence electrons. The van der Waals surface area contributed by atoms with Crippen molar-refractivity contribution in [3.63, 3.8) is 0 Å². The van der Waals surface area contributed by atoms with Crippen LogP contribution in [-0.2, 0) is 4.79 Å². The Morgan fingerprint density at radius 1 is 1.39 bits per heavy atom. The second-order valence-corrected chi connectivity index (χ2v) is 7.92. The van der Waals surface area contributed by atoms with E-state index < -0.39 is 5.97 Å². The van der Waals surface area contributed by atoms with Gasteiger partial charge in [-0.05, 0) is 44.2 Å². The molecular formula is C20H30ClN3O4.